The van der Waals surface area contributed by atoms with Crippen molar-refractivity contribution in [3.8, 4) is 11.4 Å². The Morgan fingerprint density at radius 2 is 2.17 bits per heavy atom. The average Bonchev–Trinajstić information content (AvgIpc) is 3.24. The number of aromatic nitrogens is 2. The van der Waals surface area contributed by atoms with Crippen molar-refractivity contribution in [2.24, 2.45) is 0 Å². The maximum absolute atomic E-state index is 12.1. The molecule has 120 valence electrons. The van der Waals surface area contributed by atoms with Gasteiger partial charge in [0.1, 0.15) is 11.4 Å². The van der Waals surface area contributed by atoms with E-state index in [2.05, 4.69) is 24.2 Å². The normalized spacial score (nSPS) is 17.0. The van der Waals surface area contributed by atoms with E-state index in [4.69, 9.17) is 9.47 Å². The molecule has 0 radical (unpaired) electrons. The second kappa shape index (κ2) is 5.11. The Kier molecular flexibility index (Phi) is 3.18. The van der Waals surface area contributed by atoms with Crippen LogP contribution >= 0.6 is 0 Å². The number of nitrogens with zero attached hydrogens (tertiary/aromatic N) is 2. The molecule has 0 N–H and O–H groups in total. The molecule has 0 amide bonds. The van der Waals surface area contributed by atoms with Gasteiger partial charge >= 0.3 is 5.97 Å². The number of carbonyl (C=O) groups excluding carboxylic acids is 1. The van der Waals surface area contributed by atoms with Crippen LogP contribution in [0.5, 0.6) is 5.75 Å². The predicted molar refractivity (Wildman–Crippen MR) is 85.3 cm³/mol. The Bertz CT molecular complexity index is 775. The summed E-state index contributed by atoms with van der Waals surface area (Å²) in [5.74, 6) is 0.462. The van der Waals surface area contributed by atoms with Gasteiger partial charge in [0.05, 0.1) is 18.9 Å². The lowest BCUT2D eigenvalue weighted by atomic mass is 10.0. The lowest BCUT2D eigenvalue weighted by Crippen LogP contribution is -2.17. The summed E-state index contributed by atoms with van der Waals surface area (Å²) in [6.45, 7) is 4.92. The zero-order valence-corrected chi connectivity index (χ0v) is 13.5. The fraction of sp³-hybridized carbons (Fsp3) is 0.444. The van der Waals surface area contributed by atoms with Gasteiger partial charge in [-0.15, -0.1) is 0 Å². The van der Waals surface area contributed by atoms with Crippen LogP contribution in [-0.2, 0) is 16.6 Å². The molecular weight excluding hydrogens is 292 g/mol. The van der Waals surface area contributed by atoms with Gasteiger partial charge in [-0.1, -0.05) is 13.0 Å². The monoisotopic (exact) mass is 312 g/mol. The van der Waals surface area contributed by atoms with Gasteiger partial charge < -0.3 is 9.47 Å². The molecule has 0 unspecified atom stereocenters. The lowest BCUT2D eigenvalue weighted by molar-refractivity contribution is 0.0519. The molecule has 5 heteroatoms. The number of aryl methyl sites for hydroxylation is 1. The van der Waals surface area contributed by atoms with Gasteiger partial charge in [-0.3, -0.25) is 0 Å². The second-order valence-corrected chi connectivity index (χ2v) is 6.27. The summed E-state index contributed by atoms with van der Waals surface area (Å²) < 4.78 is 13.0. The van der Waals surface area contributed by atoms with Gasteiger partial charge in [0.15, 0.2) is 5.69 Å². The van der Waals surface area contributed by atoms with Crippen molar-refractivity contribution >= 4 is 5.97 Å². The van der Waals surface area contributed by atoms with Crippen molar-refractivity contribution in [3.05, 3.63) is 41.2 Å². The van der Waals surface area contributed by atoms with Gasteiger partial charge in [0.2, 0.25) is 0 Å². The average molecular weight is 312 g/mol. The summed E-state index contributed by atoms with van der Waals surface area (Å²) in [4.78, 5) is 12.1. The number of ether oxygens (including phenoxy) is 2. The molecule has 23 heavy (non-hydrogen) atoms. The largest absolute Gasteiger partial charge is 0.490 e. The molecule has 1 saturated carbocycles. The van der Waals surface area contributed by atoms with E-state index in [0.29, 0.717) is 18.9 Å². The van der Waals surface area contributed by atoms with E-state index in [-0.39, 0.29) is 11.4 Å². The van der Waals surface area contributed by atoms with Crippen molar-refractivity contribution in [2.75, 3.05) is 13.2 Å². The molecule has 2 heterocycles. The summed E-state index contributed by atoms with van der Waals surface area (Å²) in [6, 6.07) is 8.06. The van der Waals surface area contributed by atoms with Gasteiger partial charge in [0.25, 0.3) is 0 Å². The van der Waals surface area contributed by atoms with Crippen LogP contribution in [0.3, 0.4) is 0 Å². The molecule has 0 atom stereocenters. The number of esters is 1. The first-order valence-corrected chi connectivity index (χ1v) is 8.20. The quantitative estimate of drug-likeness (QED) is 0.818. The lowest BCUT2D eigenvalue weighted by Gasteiger charge is -2.11. The van der Waals surface area contributed by atoms with Crippen molar-refractivity contribution < 1.29 is 14.3 Å². The third kappa shape index (κ3) is 2.22. The van der Waals surface area contributed by atoms with Gasteiger partial charge in [0, 0.05) is 5.41 Å². The number of hydrogen-bond acceptors (Lipinski definition) is 4. The van der Waals surface area contributed by atoms with E-state index in [1.807, 2.05) is 16.8 Å². The molecule has 0 saturated heterocycles. The van der Waals surface area contributed by atoms with E-state index in [1.54, 1.807) is 6.92 Å². The number of rotatable bonds is 3. The topological polar surface area (TPSA) is 53.4 Å². The highest BCUT2D eigenvalue weighted by atomic mass is 16.5. The molecule has 1 aromatic heterocycles. The van der Waals surface area contributed by atoms with Crippen molar-refractivity contribution in [3.63, 3.8) is 0 Å². The number of fused-ring (bicyclic) bond motifs is 4. The van der Waals surface area contributed by atoms with Crippen LogP contribution in [0.2, 0.25) is 0 Å². The Hall–Kier alpha value is -2.30. The molecule has 4 rings (SSSR count). The molecule has 2 aliphatic rings. The van der Waals surface area contributed by atoms with Crippen LogP contribution in [0.4, 0.5) is 0 Å². The zero-order valence-electron chi connectivity index (χ0n) is 13.5. The minimum atomic E-state index is -0.363. The molecule has 1 spiro atoms. The Morgan fingerprint density at radius 1 is 1.35 bits per heavy atom. The van der Waals surface area contributed by atoms with Crippen LogP contribution in [0, 0.1) is 0 Å². The number of hydrogen-bond donors (Lipinski definition) is 0. The van der Waals surface area contributed by atoms with Crippen LogP contribution < -0.4 is 4.74 Å². The minimum absolute atomic E-state index is 0.0108. The first-order valence-electron chi connectivity index (χ1n) is 8.20. The van der Waals surface area contributed by atoms with Crippen molar-refractivity contribution in [1.29, 1.82) is 0 Å². The minimum Gasteiger partial charge on any atom is -0.490 e. The van der Waals surface area contributed by atoms with E-state index >= 15 is 0 Å². The second-order valence-electron chi connectivity index (χ2n) is 6.27. The first-order chi connectivity index (χ1) is 11.2. The molecule has 1 aliphatic heterocycles. The number of benzene rings is 1. The molecule has 5 nitrogen and oxygen atoms in total. The fourth-order valence-corrected chi connectivity index (χ4v) is 3.16. The number of carbonyl (C=O) groups is 1. The zero-order chi connectivity index (χ0) is 16.0. The van der Waals surface area contributed by atoms with Crippen molar-refractivity contribution in [2.45, 2.75) is 38.5 Å². The maximum atomic E-state index is 12.1. The Morgan fingerprint density at radius 3 is 2.87 bits per heavy atom. The molecule has 2 aromatic rings. The molecular formula is C18H20N2O3. The van der Waals surface area contributed by atoms with E-state index in [0.717, 1.165) is 36.4 Å². The Balaban J connectivity index is 1.87. The van der Waals surface area contributed by atoms with Gasteiger partial charge in [-0.05, 0) is 49.9 Å². The van der Waals surface area contributed by atoms with E-state index < -0.39 is 0 Å². The molecule has 0 bridgehead atoms. The van der Waals surface area contributed by atoms with Gasteiger partial charge in [-0.25, -0.2) is 9.48 Å². The van der Waals surface area contributed by atoms with E-state index in [9.17, 15) is 4.79 Å². The van der Waals surface area contributed by atoms with Gasteiger partial charge in [-0.2, -0.15) is 5.10 Å². The standard InChI is InChI=1S/C18H20N2O3/c1-3-12-5-6-15-14(9-12)20-16(18(7-8-18)11-23-15)10-13(19-20)17(21)22-4-2/h5-6,9-10H,3-4,7-8,11H2,1-2H3. The smallest absolute Gasteiger partial charge is 0.358 e. The summed E-state index contributed by atoms with van der Waals surface area (Å²) in [6.07, 6.45) is 3.07. The third-order valence-corrected chi connectivity index (χ3v) is 4.75. The fourth-order valence-electron chi connectivity index (χ4n) is 3.16. The summed E-state index contributed by atoms with van der Waals surface area (Å²) in [5.41, 5.74) is 3.57. The molecule has 1 fully saturated rings. The summed E-state index contributed by atoms with van der Waals surface area (Å²) in [7, 11) is 0. The highest BCUT2D eigenvalue weighted by Crippen LogP contribution is 2.51. The summed E-state index contributed by atoms with van der Waals surface area (Å²) in [5, 5.41) is 4.54. The van der Waals surface area contributed by atoms with E-state index in [1.165, 1.54) is 5.56 Å². The first kappa shape index (κ1) is 14.3. The predicted octanol–water partition coefficient (Wildman–Crippen LogP) is 3.04. The Labute approximate surface area is 135 Å². The van der Waals surface area contributed by atoms with Crippen molar-refractivity contribution in [1.82, 2.24) is 9.78 Å². The molecule has 1 aromatic carbocycles. The van der Waals surface area contributed by atoms with Crippen LogP contribution in [0.25, 0.3) is 5.69 Å². The molecule has 1 aliphatic carbocycles. The SMILES string of the molecule is CCOC(=O)c1cc2n(n1)-c1cc(CC)ccc1OCC21CC1. The maximum Gasteiger partial charge on any atom is 0.358 e. The third-order valence-electron chi connectivity index (χ3n) is 4.75. The van der Waals surface area contributed by atoms with Crippen LogP contribution in [0.15, 0.2) is 24.3 Å². The highest BCUT2D eigenvalue weighted by molar-refractivity contribution is 5.87. The van der Waals surface area contributed by atoms with Crippen LogP contribution in [-0.4, -0.2) is 29.0 Å². The van der Waals surface area contributed by atoms with Crippen LogP contribution in [0.1, 0.15) is 48.4 Å². The highest BCUT2D eigenvalue weighted by Gasteiger charge is 2.50. The summed E-state index contributed by atoms with van der Waals surface area (Å²) >= 11 is 0.